The SMILES string of the molecule is O=C(O)/C=C/c1ccc(C(=C(c2ccccc2Cl)C2CCC2)c2ccc3n[nH]c(F)c3c2)cn1. The molecule has 7 heteroatoms. The number of aromatic amines is 1. The van der Waals surface area contributed by atoms with E-state index in [1.54, 1.807) is 24.4 Å². The van der Waals surface area contributed by atoms with Crippen molar-refractivity contribution in [3.8, 4) is 0 Å². The van der Waals surface area contributed by atoms with Crippen molar-refractivity contribution < 1.29 is 14.3 Å². The molecule has 0 bridgehead atoms. The molecule has 0 atom stereocenters. The summed E-state index contributed by atoms with van der Waals surface area (Å²) >= 11 is 6.67. The molecule has 1 aliphatic carbocycles. The van der Waals surface area contributed by atoms with Crippen LogP contribution in [0.25, 0.3) is 28.1 Å². The average Bonchev–Trinajstić information content (AvgIpc) is 3.17. The molecule has 34 heavy (non-hydrogen) atoms. The van der Waals surface area contributed by atoms with Gasteiger partial charge in [-0.2, -0.15) is 9.49 Å². The molecule has 2 aromatic heterocycles. The predicted molar refractivity (Wildman–Crippen MR) is 132 cm³/mol. The lowest BCUT2D eigenvalue weighted by atomic mass is 9.73. The van der Waals surface area contributed by atoms with Crippen molar-refractivity contribution in [3.05, 3.63) is 100 Å². The normalized spacial score (nSPS) is 14.9. The smallest absolute Gasteiger partial charge is 0.328 e. The van der Waals surface area contributed by atoms with Gasteiger partial charge in [0, 0.05) is 22.9 Å². The van der Waals surface area contributed by atoms with E-state index < -0.39 is 11.9 Å². The van der Waals surface area contributed by atoms with Gasteiger partial charge >= 0.3 is 5.97 Å². The Morgan fingerprint density at radius 3 is 2.59 bits per heavy atom. The summed E-state index contributed by atoms with van der Waals surface area (Å²) in [6.07, 6.45) is 7.44. The molecule has 1 fully saturated rings. The number of nitrogens with zero attached hydrogens (tertiary/aromatic N) is 2. The molecule has 4 aromatic rings. The predicted octanol–water partition coefficient (Wildman–Crippen LogP) is 6.61. The van der Waals surface area contributed by atoms with Gasteiger partial charge in [0.15, 0.2) is 0 Å². The summed E-state index contributed by atoms with van der Waals surface area (Å²) in [6, 6.07) is 17.0. The van der Waals surface area contributed by atoms with E-state index in [-0.39, 0.29) is 0 Å². The molecule has 0 radical (unpaired) electrons. The quantitative estimate of drug-likeness (QED) is 0.244. The van der Waals surface area contributed by atoms with Crippen LogP contribution in [0.2, 0.25) is 5.02 Å². The first-order chi connectivity index (χ1) is 16.5. The highest BCUT2D eigenvalue weighted by atomic mass is 35.5. The van der Waals surface area contributed by atoms with Gasteiger partial charge in [-0.15, -0.1) is 0 Å². The number of fused-ring (bicyclic) bond motifs is 1. The number of rotatable bonds is 6. The van der Waals surface area contributed by atoms with Gasteiger partial charge in [-0.25, -0.2) is 4.79 Å². The summed E-state index contributed by atoms with van der Waals surface area (Å²) in [4.78, 5) is 15.3. The van der Waals surface area contributed by atoms with E-state index in [0.717, 1.165) is 53.2 Å². The number of carboxylic acid groups (broad SMARTS) is 1. The number of halogens is 2. The highest BCUT2D eigenvalue weighted by molar-refractivity contribution is 6.32. The Morgan fingerprint density at radius 1 is 1.12 bits per heavy atom. The molecule has 2 N–H and O–H groups in total. The van der Waals surface area contributed by atoms with Gasteiger partial charge in [-0.1, -0.05) is 48.4 Å². The second kappa shape index (κ2) is 9.23. The second-order valence-electron chi connectivity index (χ2n) is 8.31. The van der Waals surface area contributed by atoms with Crippen LogP contribution in [0, 0.1) is 11.9 Å². The van der Waals surface area contributed by atoms with Crippen molar-refractivity contribution in [3.63, 3.8) is 0 Å². The Hall–Kier alpha value is -3.77. The topological polar surface area (TPSA) is 78.9 Å². The third kappa shape index (κ3) is 4.24. The molecule has 0 amide bonds. The number of carbonyl (C=O) groups is 1. The summed E-state index contributed by atoms with van der Waals surface area (Å²) in [5.41, 5.74) is 5.76. The summed E-state index contributed by atoms with van der Waals surface area (Å²) in [6.45, 7) is 0. The molecule has 170 valence electrons. The number of allylic oxidation sites excluding steroid dienone is 1. The highest BCUT2D eigenvalue weighted by Crippen LogP contribution is 2.46. The minimum absolute atomic E-state index is 0.311. The maximum absolute atomic E-state index is 14.4. The van der Waals surface area contributed by atoms with Crippen molar-refractivity contribution in [1.82, 2.24) is 15.2 Å². The van der Waals surface area contributed by atoms with Gasteiger partial charge in [0.1, 0.15) is 0 Å². The Morgan fingerprint density at radius 2 is 1.91 bits per heavy atom. The van der Waals surface area contributed by atoms with E-state index >= 15 is 0 Å². The molecular formula is C27H21ClFN3O2. The first-order valence-corrected chi connectivity index (χ1v) is 11.4. The van der Waals surface area contributed by atoms with E-state index in [9.17, 15) is 9.18 Å². The van der Waals surface area contributed by atoms with E-state index in [1.165, 1.54) is 6.08 Å². The van der Waals surface area contributed by atoms with Crippen LogP contribution in [0.5, 0.6) is 0 Å². The van der Waals surface area contributed by atoms with Crippen LogP contribution in [0.1, 0.15) is 41.6 Å². The van der Waals surface area contributed by atoms with Gasteiger partial charge in [0.25, 0.3) is 0 Å². The van der Waals surface area contributed by atoms with Gasteiger partial charge in [-0.3, -0.25) is 10.1 Å². The monoisotopic (exact) mass is 473 g/mol. The molecule has 0 aliphatic heterocycles. The number of carboxylic acids is 1. The Bertz CT molecular complexity index is 1440. The minimum atomic E-state index is -1.03. The van der Waals surface area contributed by atoms with Crippen LogP contribution in [-0.2, 0) is 4.79 Å². The molecule has 2 aromatic carbocycles. The summed E-state index contributed by atoms with van der Waals surface area (Å²) < 4.78 is 14.4. The molecule has 1 aliphatic rings. The van der Waals surface area contributed by atoms with Gasteiger partial charge in [-0.05, 0) is 71.4 Å². The lowest BCUT2D eigenvalue weighted by molar-refractivity contribution is -0.131. The fraction of sp³-hybridized carbons (Fsp3) is 0.148. The Balaban J connectivity index is 1.76. The molecule has 0 saturated heterocycles. The van der Waals surface area contributed by atoms with Crippen LogP contribution in [0.15, 0.2) is 66.9 Å². The minimum Gasteiger partial charge on any atom is -0.478 e. The summed E-state index contributed by atoms with van der Waals surface area (Å²) in [7, 11) is 0. The summed E-state index contributed by atoms with van der Waals surface area (Å²) in [5, 5.41) is 16.4. The molecule has 0 spiro atoms. The van der Waals surface area contributed by atoms with Gasteiger partial charge in [0.05, 0.1) is 16.6 Å². The number of benzene rings is 2. The second-order valence-corrected chi connectivity index (χ2v) is 8.72. The van der Waals surface area contributed by atoms with Crippen LogP contribution in [0.3, 0.4) is 0 Å². The largest absolute Gasteiger partial charge is 0.478 e. The number of hydrogen-bond acceptors (Lipinski definition) is 3. The maximum Gasteiger partial charge on any atom is 0.328 e. The molecule has 0 unspecified atom stereocenters. The number of aromatic nitrogens is 3. The van der Waals surface area contributed by atoms with E-state index in [0.29, 0.717) is 27.5 Å². The fourth-order valence-electron chi connectivity index (χ4n) is 4.36. The molecule has 2 heterocycles. The average molecular weight is 474 g/mol. The number of aliphatic carboxylic acids is 1. The molecule has 1 saturated carbocycles. The van der Waals surface area contributed by atoms with Crippen molar-refractivity contribution in [2.24, 2.45) is 5.92 Å². The third-order valence-electron chi connectivity index (χ3n) is 6.21. The van der Waals surface area contributed by atoms with Crippen molar-refractivity contribution in [2.45, 2.75) is 19.3 Å². The van der Waals surface area contributed by atoms with Gasteiger partial charge < -0.3 is 5.11 Å². The molecule has 5 rings (SSSR count). The van der Waals surface area contributed by atoms with Crippen molar-refractivity contribution in [1.29, 1.82) is 0 Å². The van der Waals surface area contributed by atoms with Crippen molar-refractivity contribution in [2.75, 3.05) is 0 Å². The van der Waals surface area contributed by atoms with E-state index in [2.05, 4.69) is 15.2 Å². The number of nitrogens with one attached hydrogen (secondary N) is 1. The fourth-order valence-corrected chi connectivity index (χ4v) is 4.59. The lowest BCUT2D eigenvalue weighted by Gasteiger charge is -2.32. The maximum atomic E-state index is 14.4. The molecule has 5 nitrogen and oxygen atoms in total. The van der Waals surface area contributed by atoms with Gasteiger partial charge in [0.2, 0.25) is 5.95 Å². The van der Waals surface area contributed by atoms with E-state index in [1.807, 2.05) is 36.4 Å². The zero-order chi connectivity index (χ0) is 23.7. The van der Waals surface area contributed by atoms with Crippen LogP contribution in [0.4, 0.5) is 4.39 Å². The van der Waals surface area contributed by atoms with E-state index in [4.69, 9.17) is 16.7 Å². The van der Waals surface area contributed by atoms with Crippen LogP contribution in [-0.4, -0.2) is 26.3 Å². The van der Waals surface area contributed by atoms with Crippen LogP contribution >= 0.6 is 11.6 Å². The number of pyridine rings is 1. The number of hydrogen-bond donors (Lipinski definition) is 2. The van der Waals surface area contributed by atoms with Crippen molar-refractivity contribution >= 4 is 45.7 Å². The number of H-pyrrole nitrogens is 1. The lowest BCUT2D eigenvalue weighted by Crippen LogP contribution is -2.15. The Labute approximate surface area is 200 Å². The third-order valence-corrected chi connectivity index (χ3v) is 6.54. The van der Waals surface area contributed by atoms with Crippen LogP contribution < -0.4 is 0 Å². The first kappa shape index (κ1) is 22.0. The molecular weight excluding hydrogens is 453 g/mol. The zero-order valence-corrected chi connectivity index (χ0v) is 18.9. The first-order valence-electron chi connectivity index (χ1n) is 11.0. The Kier molecular flexibility index (Phi) is 5.99. The zero-order valence-electron chi connectivity index (χ0n) is 18.1. The summed E-state index contributed by atoms with van der Waals surface area (Å²) in [5.74, 6) is -1.20. The highest BCUT2D eigenvalue weighted by Gasteiger charge is 2.28. The standard InChI is InChI=1S/C27H21ClFN3O2/c28-22-7-2-1-6-20(22)26(16-4-3-5-16)25(17-9-12-23-21(14-17)27(29)32-31-23)18-8-10-19(30-15-18)11-13-24(33)34/h1-2,6-16H,3-5H2,(H,31,32)(H,33,34)/b13-11+,26-25?.